The Labute approximate surface area is 167 Å². The molecule has 0 heterocycles. The van der Waals surface area contributed by atoms with Crippen LogP contribution in [0.25, 0.3) is 0 Å². The number of phosphoric acid groups is 2. The van der Waals surface area contributed by atoms with Gasteiger partial charge in [0, 0.05) is 0 Å². The van der Waals surface area contributed by atoms with Crippen LogP contribution >= 0.6 is 15.6 Å². The highest BCUT2D eigenvalue weighted by atomic mass is 31.2. The molecule has 29 heavy (non-hydrogen) atoms. The zero-order chi connectivity index (χ0) is 22.8. The smallest absolute Gasteiger partial charge is 0.287 e. The van der Waals surface area contributed by atoms with E-state index in [4.69, 9.17) is 39.3 Å². The normalized spacial score (nSPS) is 11.2. The molecule has 0 rings (SSSR count). The van der Waals surface area contributed by atoms with Crippen molar-refractivity contribution in [3.05, 3.63) is 0 Å². The number of terminal acetylenes is 4. The summed E-state index contributed by atoms with van der Waals surface area (Å²) >= 11 is 0. The zero-order valence-corrected chi connectivity index (χ0v) is 17.1. The van der Waals surface area contributed by atoms with Crippen molar-refractivity contribution in [3.63, 3.8) is 0 Å². The van der Waals surface area contributed by atoms with Gasteiger partial charge < -0.3 is 0 Å². The average Bonchev–Trinajstić information content (AvgIpc) is 2.65. The second-order valence-corrected chi connectivity index (χ2v) is 7.44. The second kappa shape index (κ2) is 16.1. The van der Waals surface area contributed by atoms with Gasteiger partial charge in [-0.2, -0.15) is 4.52 Å². The van der Waals surface area contributed by atoms with Crippen molar-refractivity contribution in [3.8, 4) is 49.4 Å². The van der Waals surface area contributed by atoms with Crippen molar-refractivity contribution in [2.24, 2.45) is 0 Å². The van der Waals surface area contributed by atoms with Crippen LogP contribution in [0.4, 0.5) is 13.2 Å². The predicted molar refractivity (Wildman–Crippen MR) is 97.7 cm³/mol. The average molecular weight is 458 g/mol. The van der Waals surface area contributed by atoms with Crippen molar-refractivity contribution < 1.29 is 49.4 Å². The van der Waals surface area contributed by atoms with Crippen molar-refractivity contribution in [1.29, 1.82) is 0 Å². The van der Waals surface area contributed by atoms with Gasteiger partial charge in [-0.1, -0.05) is 30.6 Å². The number of alkyl halides is 3. The van der Waals surface area contributed by atoms with Crippen LogP contribution in [0.15, 0.2) is 0 Å². The molecule has 0 aliphatic rings. The van der Waals surface area contributed by atoms with E-state index in [1.165, 1.54) is 0 Å². The SMILES string of the molecule is C#CCOP(=O)(OCC#C)OC(F)(F)F.C#CCOP(=O)(OCC#C)OCCC. The van der Waals surface area contributed by atoms with E-state index in [1.807, 2.05) is 18.8 Å². The molecule has 0 bridgehead atoms. The molecule has 0 unspecified atom stereocenters. The summed E-state index contributed by atoms with van der Waals surface area (Å²) in [6.07, 6.45) is 14.8. The summed E-state index contributed by atoms with van der Waals surface area (Å²) in [7, 11) is -8.34. The third-order valence-electron chi connectivity index (χ3n) is 1.89. The molecule has 8 nitrogen and oxygen atoms in total. The Bertz CT molecular complexity index is 681. The molecule has 0 aliphatic carbocycles. The number of halogens is 3. The van der Waals surface area contributed by atoms with Crippen LogP contribution in [0.5, 0.6) is 0 Å². The van der Waals surface area contributed by atoms with Crippen LogP contribution in [0.3, 0.4) is 0 Å². The van der Waals surface area contributed by atoms with E-state index in [1.54, 1.807) is 0 Å². The number of hydrogen-bond donors (Lipinski definition) is 0. The highest BCUT2D eigenvalue weighted by molar-refractivity contribution is 7.48. The fourth-order valence-corrected chi connectivity index (χ4v) is 2.99. The van der Waals surface area contributed by atoms with Crippen molar-refractivity contribution in [1.82, 2.24) is 0 Å². The summed E-state index contributed by atoms with van der Waals surface area (Å²) in [6, 6.07) is 0. The minimum atomic E-state index is -5.17. The van der Waals surface area contributed by atoms with Gasteiger partial charge in [-0.15, -0.1) is 38.9 Å². The summed E-state index contributed by atoms with van der Waals surface area (Å²) in [5.41, 5.74) is 0. The molecular formula is C16H19F3O8P2. The van der Waals surface area contributed by atoms with Crippen molar-refractivity contribution in [2.75, 3.05) is 33.0 Å². The van der Waals surface area contributed by atoms with Gasteiger partial charge in [-0.05, 0) is 6.42 Å². The molecule has 0 spiro atoms. The molecule has 0 saturated carbocycles. The third-order valence-corrected chi connectivity index (χ3v) is 4.60. The van der Waals surface area contributed by atoms with E-state index >= 15 is 0 Å². The summed E-state index contributed by atoms with van der Waals surface area (Å²) in [4.78, 5) is 0. The second-order valence-electron chi connectivity index (χ2n) is 4.17. The minimum absolute atomic E-state index is 0.133. The lowest BCUT2D eigenvalue weighted by Gasteiger charge is -2.16. The van der Waals surface area contributed by atoms with Gasteiger partial charge in [0.25, 0.3) is 0 Å². The summed E-state index contributed by atoms with van der Waals surface area (Å²) in [6.45, 7) is 0.562. The van der Waals surface area contributed by atoms with Crippen molar-refractivity contribution >= 4 is 15.6 Å². The van der Waals surface area contributed by atoms with Gasteiger partial charge in [-0.3, -0.25) is 22.6 Å². The molecule has 0 radical (unpaired) electrons. The van der Waals surface area contributed by atoms with Gasteiger partial charge in [-0.25, -0.2) is 9.13 Å². The minimum Gasteiger partial charge on any atom is -0.287 e. The van der Waals surface area contributed by atoms with Crippen molar-refractivity contribution in [2.45, 2.75) is 19.7 Å². The van der Waals surface area contributed by atoms with Crippen LogP contribution in [-0.4, -0.2) is 39.4 Å². The molecule has 0 atom stereocenters. The summed E-state index contributed by atoms with van der Waals surface area (Å²) in [5.74, 6) is 7.96. The predicted octanol–water partition coefficient (Wildman–Crippen LogP) is 3.75. The van der Waals surface area contributed by atoms with Crippen LogP contribution in [-0.2, 0) is 36.3 Å². The fraction of sp³-hybridized carbons (Fsp3) is 0.500. The molecule has 0 aromatic carbocycles. The number of rotatable bonds is 12. The summed E-state index contributed by atoms with van der Waals surface area (Å²) < 4.78 is 83.9. The van der Waals surface area contributed by atoms with Gasteiger partial charge >= 0.3 is 22.0 Å². The topological polar surface area (TPSA) is 89.5 Å². The third kappa shape index (κ3) is 18.0. The molecule has 0 N–H and O–H groups in total. The lowest BCUT2D eigenvalue weighted by atomic mass is 10.5. The van der Waals surface area contributed by atoms with E-state index in [2.05, 4.69) is 25.4 Å². The first-order valence-corrected chi connectivity index (χ1v) is 10.4. The monoisotopic (exact) mass is 458 g/mol. The van der Waals surface area contributed by atoms with E-state index < -0.39 is 35.2 Å². The van der Waals surface area contributed by atoms with Gasteiger partial charge in [0.05, 0.1) is 6.61 Å². The molecule has 0 amide bonds. The standard InChI is InChI=1S/C9H13O4P.C7H6F3O4P/c1-4-7-11-14(10,12-8-5-2)13-9-6-3;1-3-5-12-15(11,13-6-4-2)14-7(8,9)10/h1-2H,6-9H2,3H3;1-2H,5-6H2. The first-order valence-electron chi connectivity index (χ1n) is 7.45. The highest BCUT2D eigenvalue weighted by Crippen LogP contribution is 2.53. The van der Waals surface area contributed by atoms with Crippen LogP contribution in [0.1, 0.15) is 13.3 Å². The lowest BCUT2D eigenvalue weighted by molar-refractivity contribution is -0.283. The Balaban J connectivity index is 0. The quantitative estimate of drug-likeness (QED) is 0.323. The molecule has 0 saturated heterocycles. The van der Waals surface area contributed by atoms with E-state index in [-0.39, 0.29) is 19.8 Å². The first-order chi connectivity index (χ1) is 13.5. The van der Waals surface area contributed by atoms with E-state index in [0.29, 0.717) is 6.42 Å². The lowest BCUT2D eigenvalue weighted by Crippen LogP contribution is -2.14. The van der Waals surface area contributed by atoms with Gasteiger partial charge in [0.15, 0.2) is 0 Å². The maximum Gasteiger partial charge on any atom is 0.531 e. The number of phosphoric ester groups is 2. The molecule has 0 aliphatic heterocycles. The zero-order valence-electron chi connectivity index (χ0n) is 15.3. The van der Waals surface area contributed by atoms with Crippen LogP contribution in [0.2, 0.25) is 0 Å². The van der Waals surface area contributed by atoms with E-state index in [9.17, 15) is 22.3 Å². The Morgan fingerprint density at radius 3 is 1.34 bits per heavy atom. The van der Waals surface area contributed by atoms with Gasteiger partial charge in [0.2, 0.25) is 0 Å². The molecule has 162 valence electrons. The Kier molecular flexibility index (Phi) is 16.3. The van der Waals surface area contributed by atoms with Crippen LogP contribution in [0, 0.1) is 49.4 Å². The Morgan fingerprint density at radius 2 is 1.07 bits per heavy atom. The Hall–Kier alpha value is -1.75. The maximum atomic E-state index is 11.7. The molecule has 0 aromatic heterocycles. The van der Waals surface area contributed by atoms with E-state index in [0.717, 1.165) is 0 Å². The van der Waals surface area contributed by atoms with Gasteiger partial charge in [0.1, 0.15) is 26.4 Å². The Morgan fingerprint density at radius 1 is 0.724 bits per heavy atom. The highest BCUT2D eigenvalue weighted by Gasteiger charge is 2.43. The largest absolute Gasteiger partial charge is 0.531 e. The molecule has 0 fully saturated rings. The number of hydrogen-bond acceptors (Lipinski definition) is 8. The fourth-order valence-electron chi connectivity index (χ4n) is 0.997. The molecule has 13 heteroatoms. The maximum absolute atomic E-state index is 11.7. The summed E-state index contributed by atoms with van der Waals surface area (Å²) in [5, 5.41) is 0. The molecular weight excluding hydrogens is 439 g/mol. The molecule has 0 aromatic rings. The van der Waals surface area contributed by atoms with Crippen LogP contribution < -0.4 is 0 Å². The first kappa shape index (κ1) is 29.5.